The number of amides is 2. The van der Waals surface area contributed by atoms with Gasteiger partial charge in [0.1, 0.15) is 11.9 Å². The zero-order chi connectivity index (χ0) is 30.6. The van der Waals surface area contributed by atoms with E-state index < -0.39 is 81.7 Å². The quantitative estimate of drug-likeness (QED) is 0.0273. The van der Waals surface area contributed by atoms with Gasteiger partial charge >= 0.3 is 13.8 Å². The van der Waals surface area contributed by atoms with Crippen molar-refractivity contribution >= 4 is 31.9 Å². The molecule has 9 N–H and O–H groups in total. The third-order valence-electron chi connectivity index (χ3n) is 6.07. The summed E-state index contributed by atoms with van der Waals surface area (Å²) in [5.41, 5.74) is 5.23. The van der Waals surface area contributed by atoms with Crippen LogP contribution in [0, 0.1) is 5.41 Å². The molecule has 234 valence electrons. The molecule has 0 aromatic heterocycles. The van der Waals surface area contributed by atoms with Crippen molar-refractivity contribution in [2.45, 2.75) is 68.2 Å². The second kappa shape index (κ2) is 16.1. The molecule has 18 nitrogen and oxygen atoms in total. The summed E-state index contributed by atoms with van der Waals surface area (Å²) in [6, 6.07) is -1.11. The molecule has 2 heterocycles. The molecule has 6 unspecified atom stereocenters. The van der Waals surface area contributed by atoms with Gasteiger partial charge in [-0.1, -0.05) is 0 Å². The lowest BCUT2D eigenvalue weighted by Gasteiger charge is -2.45. The van der Waals surface area contributed by atoms with Gasteiger partial charge in [0.05, 0.1) is 44.6 Å². The molecule has 0 aromatic carbocycles. The zero-order valence-corrected chi connectivity index (χ0v) is 23.5. The van der Waals surface area contributed by atoms with Gasteiger partial charge in [-0.3, -0.25) is 24.0 Å². The molecule has 0 radical (unpaired) electrons. The first-order chi connectivity index (χ1) is 19.4. The molecule has 19 heteroatoms. The van der Waals surface area contributed by atoms with E-state index in [-0.39, 0.29) is 31.7 Å². The van der Waals surface area contributed by atoms with E-state index >= 15 is 0 Å². The molecule has 2 rings (SSSR count). The van der Waals surface area contributed by atoms with Crippen molar-refractivity contribution in [2.75, 3.05) is 34.0 Å². The highest BCUT2D eigenvalue weighted by molar-refractivity contribution is 7.48. The Morgan fingerprint density at radius 1 is 1.27 bits per heavy atom. The molecule has 0 spiro atoms. The first kappa shape index (κ1) is 34.5. The lowest BCUT2D eigenvalue weighted by atomic mass is 9.90. The Labute approximate surface area is 235 Å². The number of nitrogens with one attached hydrogen (secondary N) is 4. The van der Waals surface area contributed by atoms with Crippen molar-refractivity contribution in [3.05, 3.63) is 12.3 Å². The molecular weight excluding hydrogens is 573 g/mol. The van der Waals surface area contributed by atoms with E-state index in [0.717, 1.165) is 14.2 Å². The van der Waals surface area contributed by atoms with Crippen LogP contribution in [0.3, 0.4) is 0 Å². The number of hydrogen-bond donors (Lipinski definition) is 8. The van der Waals surface area contributed by atoms with Gasteiger partial charge in [0.2, 0.25) is 12.3 Å². The van der Waals surface area contributed by atoms with Gasteiger partial charge in [0.15, 0.2) is 6.23 Å². The monoisotopic (exact) mass is 611 g/mol. The summed E-state index contributed by atoms with van der Waals surface area (Å²) < 4.78 is 45.6. The number of aliphatic hydroxyl groups excluding tert-OH is 3. The van der Waals surface area contributed by atoms with Crippen molar-refractivity contribution in [1.82, 2.24) is 16.0 Å². The number of phosphoric acid groups is 1. The maximum Gasteiger partial charge on any atom is 0.477 e. The molecule has 0 bridgehead atoms. The van der Waals surface area contributed by atoms with Crippen LogP contribution in [0.15, 0.2) is 12.3 Å². The zero-order valence-electron chi connectivity index (χ0n) is 22.6. The number of ether oxygens (including phenoxy) is 3. The minimum Gasteiger partial charge on any atom is -0.465 e. The third-order valence-corrected chi connectivity index (χ3v) is 7.50. The minimum atomic E-state index is -4.63. The third kappa shape index (κ3) is 9.98. The highest BCUT2D eigenvalue weighted by Gasteiger charge is 2.57. The fourth-order valence-corrected chi connectivity index (χ4v) is 5.33. The van der Waals surface area contributed by atoms with Crippen LogP contribution in [0.4, 0.5) is 0 Å². The summed E-state index contributed by atoms with van der Waals surface area (Å²) in [6.45, 7) is -1.11. The van der Waals surface area contributed by atoms with Gasteiger partial charge in [-0.2, -0.15) is 0 Å². The number of amidine groups is 1. The number of esters is 1. The van der Waals surface area contributed by atoms with E-state index in [2.05, 4.69) is 16.0 Å². The molecule has 0 aliphatic carbocycles. The summed E-state index contributed by atoms with van der Waals surface area (Å²) >= 11 is 0. The number of nitrogens with two attached hydrogens (primary N) is 1. The molecule has 2 saturated heterocycles. The number of carbonyl (C=O) groups is 3. The molecule has 0 aromatic rings. The number of hydrogen-bond acceptors (Lipinski definition) is 15. The predicted octanol–water partition coefficient (Wildman–Crippen LogP) is -2.69. The second-order valence-corrected chi connectivity index (χ2v) is 10.8. The van der Waals surface area contributed by atoms with Crippen LogP contribution in [-0.2, 0) is 46.7 Å². The molecule has 2 amide bonds. The van der Waals surface area contributed by atoms with Gasteiger partial charge < -0.3 is 51.2 Å². The lowest BCUT2D eigenvalue weighted by Crippen LogP contribution is -2.64. The number of aliphatic hydroxyl groups is 3. The molecular formula is C22H38N5O13P. The van der Waals surface area contributed by atoms with Gasteiger partial charge in [-0.25, -0.2) is 13.9 Å². The standard InChI is InChI=1S/C22H38N5O13P/c1-35-21(33)22(9-15(31)19(16(39-22)4-3-7-28)27-18(32)10-25-12-29)40-41(34,36-2)37-11-13-8-14(30)20(38-13)26-6-5-17(23)24/h5-6,12-16,19-20,26,28,30-31H,3-4,7-11H2,1-2H3,(H3,23,24)(H,25,29)(H,27,32)/b6-5-/t13-,14-,15?,16?,19?,20?,22?,41?/m0/s1. The maximum atomic E-state index is 13.5. The maximum absolute atomic E-state index is 13.5. The van der Waals surface area contributed by atoms with Crippen LogP contribution >= 0.6 is 7.82 Å². The molecule has 41 heavy (non-hydrogen) atoms. The van der Waals surface area contributed by atoms with E-state index in [1.54, 1.807) is 0 Å². The normalized spacial score (nSPS) is 31.2. The Morgan fingerprint density at radius 3 is 2.61 bits per heavy atom. The Kier molecular flexibility index (Phi) is 13.6. The van der Waals surface area contributed by atoms with E-state index in [4.69, 9.17) is 38.9 Å². The average molecular weight is 612 g/mol. The topological polar surface area (TPSA) is 270 Å². The summed E-state index contributed by atoms with van der Waals surface area (Å²) in [5.74, 6) is -4.59. The highest BCUT2D eigenvalue weighted by Crippen LogP contribution is 2.55. The van der Waals surface area contributed by atoms with Gasteiger partial charge in [-0.15, -0.1) is 0 Å². The van der Waals surface area contributed by atoms with Crippen molar-refractivity contribution in [3.63, 3.8) is 0 Å². The van der Waals surface area contributed by atoms with Crippen molar-refractivity contribution < 1.29 is 62.1 Å². The second-order valence-electron chi connectivity index (χ2n) is 9.08. The summed E-state index contributed by atoms with van der Waals surface area (Å²) in [4.78, 5) is 35.6. The largest absolute Gasteiger partial charge is 0.477 e. The molecule has 0 saturated carbocycles. The number of carbonyl (C=O) groups excluding carboxylic acids is 3. The van der Waals surface area contributed by atoms with Crippen molar-refractivity contribution in [3.8, 4) is 0 Å². The summed E-state index contributed by atoms with van der Waals surface area (Å²) in [6.07, 6.45) is -2.97. The van der Waals surface area contributed by atoms with E-state index in [0.29, 0.717) is 6.41 Å². The van der Waals surface area contributed by atoms with E-state index in [9.17, 15) is 34.3 Å². The van der Waals surface area contributed by atoms with Gasteiger partial charge in [-0.05, 0) is 18.9 Å². The van der Waals surface area contributed by atoms with Crippen LogP contribution in [-0.4, -0.2) is 116 Å². The molecule has 2 fully saturated rings. The van der Waals surface area contributed by atoms with Crippen LogP contribution < -0.4 is 21.7 Å². The number of phosphoric ester groups is 1. The Bertz CT molecular complexity index is 988. The first-order valence-electron chi connectivity index (χ1n) is 12.5. The SMILES string of the molecule is COC(=O)C1(OP(=O)(OC)OC[C@@H]2C[C@H](O)C(N/C=C\C(=N)N)O2)CC(O)C(NC(=O)CNC=O)C(CCCO)O1. The number of methoxy groups -OCH3 is 1. The fourth-order valence-electron chi connectivity index (χ4n) is 4.20. The summed E-state index contributed by atoms with van der Waals surface area (Å²) in [7, 11) is -2.64. The van der Waals surface area contributed by atoms with Crippen LogP contribution in [0.25, 0.3) is 0 Å². The van der Waals surface area contributed by atoms with E-state index in [1.807, 2.05) is 0 Å². The van der Waals surface area contributed by atoms with E-state index in [1.165, 1.54) is 12.3 Å². The van der Waals surface area contributed by atoms with Crippen LogP contribution in [0.5, 0.6) is 0 Å². The molecule has 8 atom stereocenters. The minimum absolute atomic E-state index is 0.0140. The lowest BCUT2D eigenvalue weighted by molar-refractivity contribution is -0.273. The predicted molar refractivity (Wildman–Crippen MR) is 138 cm³/mol. The summed E-state index contributed by atoms with van der Waals surface area (Å²) in [5, 5.41) is 45.0. The van der Waals surface area contributed by atoms with Gasteiger partial charge in [0.25, 0.3) is 5.79 Å². The van der Waals surface area contributed by atoms with Crippen LogP contribution in [0.2, 0.25) is 0 Å². The Hall–Kier alpha value is -2.67. The molecule has 2 aliphatic heterocycles. The smallest absolute Gasteiger partial charge is 0.465 e. The highest BCUT2D eigenvalue weighted by atomic mass is 31.2. The Balaban J connectivity index is 2.19. The molecule has 2 aliphatic rings. The van der Waals surface area contributed by atoms with Gasteiger partial charge in [0, 0.05) is 32.8 Å². The number of rotatable bonds is 17. The first-order valence-corrected chi connectivity index (χ1v) is 14.0. The van der Waals surface area contributed by atoms with Crippen molar-refractivity contribution in [1.29, 1.82) is 5.41 Å². The average Bonchev–Trinajstić information content (AvgIpc) is 3.29. The van der Waals surface area contributed by atoms with Crippen LogP contribution in [0.1, 0.15) is 25.7 Å². The Morgan fingerprint density at radius 2 is 2.00 bits per heavy atom. The fraction of sp³-hybridized carbons (Fsp3) is 0.727. The van der Waals surface area contributed by atoms with Crippen molar-refractivity contribution in [2.24, 2.45) is 5.73 Å².